The summed E-state index contributed by atoms with van der Waals surface area (Å²) in [4.78, 5) is 22.2. The quantitative estimate of drug-likeness (QED) is 0.538. The Bertz CT molecular complexity index is 927. The van der Waals surface area contributed by atoms with Crippen molar-refractivity contribution in [2.24, 2.45) is 0 Å². The Kier molecular flexibility index (Phi) is 5.01. The van der Waals surface area contributed by atoms with Gasteiger partial charge in [-0.3, -0.25) is 14.9 Å². The summed E-state index contributed by atoms with van der Waals surface area (Å²) in [6, 6.07) is 13.1. The van der Waals surface area contributed by atoms with Crippen LogP contribution in [0.1, 0.15) is 5.56 Å². The maximum Gasteiger partial charge on any atom is 0.269 e. The number of anilines is 1. The van der Waals surface area contributed by atoms with Crippen LogP contribution in [0.25, 0.3) is 10.6 Å². The zero-order valence-electron chi connectivity index (χ0n) is 12.7. The number of halogens is 1. The number of amides is 1. The Morgan fingerprint density at radius 1 is 1.16 bits per heavy atom. The molecule has 1 amide bonds. The number of nitrogens with zero attached hydrogens (tertiary/aromatic N) is 3. The molecule has 25 heavy (non-hydrogen) atoms. The SMILES string of the molecule is O=C(Cc1ccc([N+](=O)[O-])cc1)Nc1nnc(-c2ccccc2Cl)s1. The van der Waals surface area contributed by atoms with Crippen LogP contribution < -0.4 is 5.32 Å². The van der Waals surface area contributed by atoms with Crippen LogP contribution in [0.4, 0.5) is 10.8 Å². The van der Waals surface area contributed by atoms with Crippen molar-refractivity contribution in [3.8, 4) is 10.6 Å². The first-order valence-corrected chi connectivity index (χ1v) is 8.34. The van der Waals surface area contributed by atoms with E-state index in [0.717, 1.165) is 5.56 Å². The number of carbonyl (C=O) groups excluding carboxylic acids is 1. The van der Waals surface area contributed by atoms with Gasteiger partial charge in [0.2, 0.25) is 11.0 Å². The van der Waals surface area contributed by atoms with Gasteiger partial charge in [-0.05, 0) is 11.6 Å². The van der Waals surface area contributed by atoms with Crippen LogP contribution in [0, 0.1) is 10.1 Å². The first-order valence-electron chi connectivity index (χ1n) is 7.14. The molecule has 7 nitrogen and oxygen atoms in total. The van der Waals surface area contributed by atoms with E-state index in [1.165, 1.54) is 23.5 Å². The monoisotopic (exact) mass is 374 g/mol. The van der Waals surface area contributed by atoms with Crippen LogP contribution in [0.3, 0.4) is 0 Å². The number of rotatable bonds is 5. The van der Waals surface area contributed by atoms with Crippen LogP contribution in [-0.4, -0.2) is 21.0 Å². The van der Waals surface area contributed by atoms with Crippen molar-refractivity contribution in [3.05, 3.63) is 69.2 Å². The lowest BCUT2D eigenvalue weighted by Crippen LogP contribution is -2.14. The number of non-ortho nitro benzene ring substituents is 1. The molecule has 0 aliphatic heterocycles. The highest BCUT2D eigenvalue weighted by molar-refractivity contribution is 7.18. The summed E-state index contributed by atoms with van der Waals surface area (Å²) in [7, 11) is 0. The molecular weight excluding hydrogens is 364 g/mol. The summed E-state index contributed by atoms with van der Waals surface area (Å²) in [5, 5.41) is 22.8. The number of carbonyl (C=O) groups is 1. The minimum absolute atomic E-state index is 0.0161. The number of benzene rings is 2. The molecule has 0 radical (unpaired) electrons. The van der Waals surface area contributed by atoms with Gasteiger partial charge in [0.25, 0.3) is 5.69 Å². The number of hydrogen-bond acceptors (Lipinski definition) is 6. The molecule has 1 heterocycles. The largest absolute Gasteiger partial charge is 0.300 e. The van der Waals surface area contributed by atoms with E-state index in [2.05, 4.69) is 15.5 Å². The average molecular weight is 375 g/mol. The third kappa shape index (κ3) is 4.17. The fourth-order valence-electron chi connectivity index (χ4n) is 2.10. The molecule has 0 saturated heterocycles. The summed E-state index contributed by atoms with van der Waals surface area (Å²) >= 11 is 7.34. The molecule has 3 aromatic rings. The van der Waals surface area contributed by atoms with Gasteiger partial charge in [-0.15, -0.1) is 10.2 Å². The maximum absolute atomic E-state index is 12.1. The van der Waals surface area contributed by atoms with Crippen molar-refractivity contribution in [2.45, 2.75) is 6.42 Å². The van der Waals surface area contributed by atoms with Crippen LogP contribution >= 0.6 is 22.9 Å². The van der Waals surface area contributed by atoms with Crippen LogP contribution in [0.15, 0.2) is 48.5 Å². The molecule has 1 N–H and O–H groups in total. The van der Waals surface area contributed by atoms with E-state index in [4.69, 9.17) is 11.6 Å². The molecule has 0 atom stereocenters. The first kappa shape index (κ1) is 17.0. The molecule has 0 bridgehead atoms. The highest BCUT2D eigenvalue weighted by Crippen LogP contribution is 2.31. The minimum atomic E-state index is -0.485. The fraction of sp³-hybridized carbons (Fsp3) is 0.0625. The third-order valence-corrected chi connectivity index (χ3v) is 4.49. The summed E-state index contributed by atoms with van der Waals surface area (Å²) < 4.78 is 0. The van der Waals surface area contributed by atoms with Gasteiger partial charge >= 0.3 is 0 Å². The Morgan fingerprint density at radius 2 is 1.88 bits per heavy atom. The van der Waals surface area contributed by atoms with Crippen LogP contribution in [0.2, 0.25) is 5.02 Å². The zero-order chi connectivity index (χ0) is 17.8. The molecule has 126 valence electrons. The zero-order valence-corrected chi connectivity index (χ0v) is 14.3. The standard InChI is InChI=1S/C16H11ClN4O3S/c17-13-4-2-1-3-12(13)15-19-20-16(25-15)18-14(22)9-10-5-7-11(8-6-10)21(23)24/h1-8H,9H2,(H,18,20,22). The molecular formula is C16H11ClN4O3S. The van der Waals surface area contributed by atoms with Crippen molar-refractivity contribution in [1.29, 1.82) is 0 Å². The predicted octanol–water partition coefficient (Wildman–Crippen LogP) is 3.95. The molecule has 9 heteroatoms. The lowest BCUT2D eigenvalue weighted by Gasteiger charge is -2.01. The van der Waals surface area contributed by atoms with E-state index in [-0.39, 0.29) is 18.0 Å². The highest BCUT2D eigenvalue weighted by Gasteiger charge is 2.12. The Balaban J connectivity index is 1.66. The lowest BCUT2D eigenvalue weighted by atomic mass is 10.1. The Morgan fingerprint density at radius 3 is 2.56 bits per heavy atom. The molecule has 0 aliphatic rings. The van der Waals surface area contributed by atoms with Crippen LogP contribution in [0.5, 0.6) is 0 Å². The fourth-order valence-corrected chi connectivity index (χ4v) is 3.18. The average Bonchev–Trinajstić information content (AvgIpc) is 3.03. The minimum Gasteiger partial charge on any atom is -0.300 e. The van der Waals surface area contributed by atoms with E-state index < -0.39 is 4.92 Å². The second-order valence-electron chi connectivity index (χ2n) is 5.04. The van der Waals surface area contributed by atoms with Gasteiger partial charge in [0.15, 0.2) is 5.01 Å². The third-order valence-electron chi connectivity index (χ3n) is 3.29. The number of aromatic nitrogens is 2. The number of hydrogen-bond donors (Lipinski definition) is 1. The Labute approximate surface area is 151 Å². The van der Waals surface area contributed by atoms with Gasteiger partial charge in [0.1, 0.15) is 0 Å². The molecule has 3 rings (SSSR count). The second-order valence-corrected chi connectivity index (χ2v) is 6.43. The molecule has 1 aromatic heterocycles. The Hall–Kier alpha value is -2.84. The number of nitro benzene ring substituents is 1. The van der Waals surface area contributed by atoms with Gasteiger partial charge in [-0.25, -0.2) is 0 Å². The first-order chi connectivity index (χ1) is 12.0. The molecule has 0 unspecified atom stereocenters. The van der Waals surface area contributed by atoms with E-state index >= 15 is 0 Å². The molecule has 0 spiro atoms. The predicted molar refractivity (Wildman–Crippen MR) is 95.8 cm³/mol. The molecule has 0 fully saturated rings. The highest BCUT2D eigenvalue weighted by atomic mass is 35.5. The van der Waals surface area contributed by atoms with Crippen molar-refractivity contribution in [1.82, 2.24) is 10.2 Å². The van der Waals surface area contributed by atoms with Gasteiger partial charge in [-0.2, -0.15) is 0 Å². The number of nitrogens with one attached hydrogen (secondary N) is 1. The smallest absolute Gasteiger partial charge is 0.269 e. The van der Waals surface area contributed by atoms with Gasteiger partial charge in [0, 0.05) is 17.7 Å². The molecule has 0 aliphatic carbocycles. The molecule has 2 aromatic carbocycles. The normalized spacial score (nSPS) is 10.4. The van der Waals surface area contributed by atoms with E-state index in [1.807, 2.05) is 18.2 Å². The number of nitro groups is 1. The van der Waals surface area contributed by atoms with Gasteiger partial charge < -0.3 is 5.32 Å². The maximum atomic E-state index is 12.1. The summed E-state index contributed by atoms with van der Waals surface area (Å²) in [5.41, 5.74) is 1.40. The topological polar surface area (TPSA) is 98.0 Å². The van der Waals surface area contributed by atoms with Gasteiger partial charge in [0.05, 0.1) is 16.4 Å². The van der Waals surface area contributed by atoms with Crippen molar-refractivity contribution >= 4 is 39.7 Å². The molecule has 0 saturated carbocycles. The van der Waals surface area contributed by atoms with Crippen molar-refractivity contribution in [3.63, 3.8) is 0 Å². The summed E-state index contributed by atoms with van der Waals surface area (Å²) in [6.07, 6.45) is 0.0823. The van der Waals surface area contributed by atoms with E-state index in [9.17, 15) is 14.9 Å². The van der Waals surface area contributed by atoms with Crippen molar-refractivity contribution < 1.29 is 9.72 Å². The lowest BCUT2D eigenvalue weighted by molar-refractivity contribution is -0.384. The van der Waals surface area contributed by atoms with E-state index in [1.54, 1.807) is 18.2 Å². The van der Waals surface area contributed by atoms with E-state index in [0.29, 0.717) is 20.7 Å². The summed E-state index contributed by atoms with van der Waals surface area (Å²) in [6.45, 7) is 0. The summed E-state index contributed by atoms with van der Waals surface area (Å²) in [5.74, 6) is -0.282. The van der Waals surface area contributed by atoms with Crippen LogP contribution in [-0.2, 0) is 11.2 Å². The van der Waals surface area contributed by atoms with Gasteiger partial charge in [-0.1, -0.05) is 53.3 Å². The second kappa shape index (κ2) is 7.37. The van der Waals surface area contributed by atoms with Crippen molar-refractivity contribution in [2.75, 3.05) is 5.32 Å².